The Hall–Kier alpha value is -2.04. The standard InChI is InChI=1S/C21H23ClN2O2/c1-3-14-10-20-16(12-17(14)22)15(11-21(25)26-20)13-24-9-5-7-19(24)18-6-4-8-23(18)2/h4,6,8,10-12,19H,3,5,7,9,13H2,1-2H3. The van der Waals surface area contributed by atoms with Crippen molar-refractivity contribution in [2.24, 2.45) is 7.05 Å². The fraction of sp³-hybridized carbons (Fsp3) is 0.381. The zero-order valence-corrected chi connectivity index (χ0v) is 15.9. The van der Waals surface area contributed by atoms with E-state index in [1.54, 1.807) is 6.07 Å². The molecule has 26 heavy (non-hydrogen) atoms. The van der Waals surface area contributed by atoms with Crippen LogP contribution >= 0.6 is 11.6 Å². The molecule has 4 rings (SSSR count). The number of benzene rings is 1. The van der Waals surface area contributed by atoms with Gasteiger partial charge in [0.05, 0.1) is 6.04 Å². The van der Waals surface area contributed by atoms with Crippen LogP contribution in [0.5, 0.6) is 0 Å². The van der Waals surface area contributed by atoms with Gasteiger partial charge in [0.1, 0.15) is 5.58 Å². The molecule has 1 aliphatic rings. The highest BCUT2D eigenvalue weighted by Gasteiger charge is 2.28. The van der Waals surface area contributed by atoms with E-state index in [-0.39, 0.29) is 5.63 Å². The lowest BCUT2D eigenvalue weighted by Crippen LogP contribution is -2.24. The van der Waals surface area contributed by atoms with Crippen molar-refractivity contribution in [3.8, 4) is 0 Å². The third-order valence-corrected chi connectivity index (χ3v) is 5.79. The van der Waals surface area contributed by atoms with E-state index in [0.717, 1.165) is 53.9 Å². The number of aryl methyl sites for hydroxylation is 2. The fourth-order valence-electron chi connectivity index (χ4n) is 4.08. The van der Waals surface area contributed by atoms with Crippen molar-refractivity contribution in [2.75, 3.05) is 6.54 Å². The molecule has 0 aliphatic carbocycles. The van der Waals surface area contributed by atoms with Gasteiger partial charge in [-0.1, -0.05) is 18.5 Å². The van der Waals surface area contributed by atoms with E-state index in [1.807, 2.05) is 19.1 Å². The van der Waals surface area contributed by atoms with Gasteiger partial charge in [0.25, 0.3) is 0 Å². The quantitative estimate of drug-likeness (QED) is 0.625. The van der Waals surface area contributed by atoms with Crippen molar-refractivity contribution in [3.63, 3.8) is 0 Å². The first-order valence-corrected chi connectivity index (χ1v) is 9.55. The average molecular weight is 371 g/mol. The SMILES string of the molecule is CCc1cc2oc(=O)cc(CN3CCCC3c3cccn3C)c2cc1Cl. The molecule has 5 heteroatoms. The van der Waals surface area contributed by atoms with E-state index in [1.165, 1.54) is 5.69 Å². The molecule has 1 aliphatic heterocycles. The number of fused-ring (bicyclic) bond motifs is 1. The van der Waals surface area contributed by atoms with Gasteiger partial charge in [-0.2, -0.15) is 0 Å². The number of aromatic nitrogens is 1. The van der Waals surface area contributed by atoms with Crippen molar-refractivity contribution < 1.29 is 4.42 Å². The first-order chi connectivity index (χ1) is 12.6. The molecule has 1 saturated heterocycles. The van der Waals surface area contributed by atoms with Crippen molar-refractivity contribution in [2.45, 2.75) is 38.8 Å². The highest BCUT2D eigenvalue weighted by atomic mass is 35.5. The number of rotatable bonds is 4. The second-order valence-electron chi connectivity index (χ2n) is 7.06. The van der Waals surface area contributed by atoms with Gasteiger partial charge in [0.2, 0.25) is 0 Å². The molecule has 136 valence electrons. The maximum atomic E-state index is 12.1. The predicted molar refractivity (Wildman–Crippen MR) is 105 cm³/mol. The minimum absolute atomic E-state index is 0.300. The molecule has 0 spiro atoms. The minimum atomic E-state index is -0.300. The average Bonchev–Trinajstić information content (AvgIpc) is 3.23. The van der Waals surface area contributed by atoms with Gasteiger partial charge >= 0.3 is 5.63 Å². The summed E-state index contributed by atoms with van der Waals surface area (Å²) in [7, 11) is 2.09. The molecular weight excluding hydrogens is 348 g/mol. The van der Waals surface area contributed by atoms with E-state index in [9.17, 15) is 4.79 Å². The highest BCUT2D eigenvalue weighted by Crippen LogP contribution is 2.34. The summed E-state index contributed by atoms with van der Waals surface area (Å²) < 4.78 is 7.63. The van der Waals surface area contributed by atoms with Gasteiger partial charge in [-0.3, -0.25) is 4.90 Å². The molecule has 1 fully saturated rings. The van der Waals surface area contributed by atoms with Crippen LogP contribution in [-0.4, -0.2) is 16.0 Å². The molecule has 1 unspecified atom stereocenters. The molecular formula is C21H23ClN2O2. The van der Waals surface area contributed by atoms with Gasteiger partial charge in [0.15, 0.2) is 0 Å². The van der Waals surface area contributed by atoms with Crippen LogP contribution in [0, 0.1) is 0 Å². The zero-order chi connectivity index (χ0) is 18.3. The molecule has 1 aromatic carbocycles. The summed E-state index contributed by atoms with van der Waals surface area (Å²) >= 11 is 6.43. The first kappa shape index (κ1) is 17.4. The van der Waals surface area contributed by atoms with Crippen LogP contribution in [0.4, 0.5) is 0 Å². The molecule has 4 nitrogen and oxygen atoms in total. The van der Waals surface area contributed by atoms with Crippen molar-refractivity contribution in [3.05, 3.63) is 68.8 Å². The van der Waals surface area contributed by atoms with Crippen LogP contribution < -0.4 is 5.63 Å². The Morgan fingerprint density at radius 1 is 1.27 bits per heavy atom. The lowest BCUT2D eigenvalue weighted by Gasteiger charge is -2.25. The third kappa shape index (κ3) is 3.08. The third-order valence-electron chi connectivity index (χ3n) is 5.44. The Balaban J connectivity index is 1.73. The summed E-state index contributed by atoms with van der Waals surface area (Å²) in [4.78, 5) is 14.6. The molecule has 3 aromatic rings. The lowest BCUT2D eigenvalue weighted by atomic mass is 10.0. The normalized spacial score (nSPS) is 18.0. The number of likely N-dealkylation sites (tertiary alicyclic amines) is 1. The van der Waals surface area contributed by atoms with E-state index in [2.05, 4.69) is 34.8 Å². The molecule has 0 amide bonds. The van der Waals surface area contributed by atoms with Crippen molar-refractivity contribution in [1.29, 1.82) is 0 Å². The van der Waals surface area contributed by atoms with Crippen LogP contribution in [0.15, 0.2) is 45.7 Å². The summed E-state index contributed by atoms with van der Waals surface area (Å²) in [6.07, 6.45) is 5.20. The van der Waals surface area contributed by atoms with E-state index >= 15 is 0 Å². The van der Waals surface area contributed by atoms with Crippen LogP contribution in [0.2, 0.25) is 5.02 Å². The van der Waals surface area contributed by atoms with Gasteiger partial charge in [-0.25, -0.2) is 4.79 Å². The summed E-state index contributed by atoms with van der Waals surface area (Å²) in [5.74, 6) is 0. The molecule has 0 bridgehead atoms. The van der Waals surface area contributed by atoms with E-state index < -0.39 is 0 Å². The summed E-state index contributed by atoms with van der Waals surface area (Å²) in [5, 5.41) is 1.67. The number of nitrogens with zero attached hydrogens (tertiary/aromatic N) is 2. The first-order valence-electron chi connectivity index (χ1n) is 9.17. The van der Waals surface area contributed by atoms with Crippen LogP contribution in [0.25, 0.3) is 11.0 Å². The topological polar surface area (TPSA) is 38.4 Å². The number of hydrogen-bond acceptors (Lipinski definition) is 3. The monoisotopic (exact) mass is 370 g/mol. The van der Waals surface area contributed by atoms with Gasteiger partial charge < -0.3 is 8.98 Å². The summed E-state index contributed by atoms with van der Waals surface area (Å²) in [6.45, 7) is 3.79. The van der Waals surface area contributed by atoms with Crippen molar-refractivity contribution in [1.82, 2.24) is 9.47 Å². The predicted octanol–water partition coefficient (Wildman–Crippen LogP) is 4.68. The van der Waals surface area contributed by atoms with Crippen LogP contribution in [-0.2, 0) is 20.0 Å². The van der Waals surface area contributed by atoms with Crippen molar-refractivity contribution >= 4 is 22.6 Å². The van der Waals surface area contributed by atoms with E-state index in [4.69, 9.17) is 16.0 Å². The van der Waals surface area contributed by atoms with Gasteiger partial charge in [-0.05, 0) is 61.2 Å². The molecule has 3 heterocycles. The number of hydrogen-bond donors (Lipinski definition) is 0. The Morgan fingerprint density at radius 2 is 2.12 bits per heavy atom. The Bertz CT molecular complexity index is 1000. The Kier molecular flexibility index (Phi) is 4.63. The highest BCUT2D eigenvalue weighted by molar-refractivity contribution is 6.32. The van der Waals surface area contributed by atoms with Crippen LogP contribution in [0.1, 0.15) is 42.6 Å². The second-order valence-corrected chi connectivity index (χ2v) is 7.46. The minimum Gasteiger partial charge on any atom is -0.423 e. The Morgan fingerprint density at radius 3 is 2.85 bits per heavy atom. The van der Waals surface area contributed by atoms with Gasteiger partial charge in [-0.15, -0.1) is 0 Å². The lowest BCUT2D eigenvalue weighted by molar-refractivity contribution is 0.241. The number of halogens is 1. The molecule has 2 aromatic heterocycles. The Labute approximate surface area is 158 Å². The molecule has 0 radical (unpaired) electrons. The zero-order valence-electron chi connectivity index (χ0n) is 15.2. The smallest absolute Gasteiger partial charge is 0.336 e. The van der Waals surface area contributed by atoms with E-state index in [0.29, 0.717) is 11.6 Å². The largest absolute Gasteiger partial charge is 0.423 e. The summed E-state index contributed by atoms with van der Waals surface area (Å²) in [6, 6.07) is 10.1. The fourth-order valence-corrected chi connectivity index (χ4v) is 4.38. The molecule has 0 saturated carbocycles. The van der Waals surface area contributed by atoms with Gasteiger partial charge in [0, 0.05) is 42.0 Å². The molecule has 1 atom stereocenters. The molecule has 0 N–H and O–H groups in total. The second kappa shape index (κ2) is 6.93. The van der Waals surface area contributed by atoms with Crippen LogP contribution in [0.3, 0.4) is 0 Å². The summed E-state index contributed by atoms with van der Waals surface area (Å²) in [5.41, 5.74) is 3.64. The maximum absolute atomic E-state index is 12.1. The maximum Gasteiger partial charge on any atom is 0.336 e.